The number of benzene rings is 2. The summed E-state index contributed by atoms with van der Waals surface area (Å²) < 4.78 is 31.7. The first kappa shape index (κ1) is 38.8. The molecule has 2 aromatic rings. The summed E-state index contributed by atoms with van der Waals surface area (Å²) in [6.07, 6.45) is 12.9. The van der Waals surface area contributed by atoms with E-state index in [1.807, 2.05) is 35.2 Å². The van der Waals surface area contributed by atoms with E-state index in [1.165, 1.54) is 0 Å². The van der Waals surface area contributed by atoms with Crippen LogP contribution in [0.15, 0.2) is 65.9 Å². The van der Waals surface area contributed by atoms with Crippen molar-refractivity contribution in [3.05, 3.63) is 71.8 Å². The largest absolute Gasteiger partial charge is 0.508 e. The van der Waals surface area contributed by atoms with Gasteiger partial charge in [-0.05, 0) is 105 Å². The molecule has 3 N–H and O–H groups in total. The molecule has 12 nitrogen and oxygen atoms in total. The number of unbranched alkanes of at least 4 members (excludes halogenated alkanes) is 2. The van der Waals surface area contributed by atoms with Crippen molar-refractivity contribution in [2.45, 2.75) is 108 Å². The van der Waals surface area contributed by atoms with Crippen LogP contribution in [0, 0.1) is 23.7 Å². The molecule has 3 aliphatic carbocycles. The first-order valence-corrected chi connectivity index (χ1v) is 20.7. The zero-order chi connectivity index (χ0) is 38.6. The van der Waals surface area contributed by atoms with Crippen LogP contribution in [0.25, 0.3) is 0 Å². The van der Waals surface area contributed by atoms with Gasteiger partial charge in [0, 0.05) is 50.0 Å². The minimum Gasteiger partial charge on any atom is -0.508 e. The van der Waals surface area contributed by atoms with Crippen molar-refractivity contribution >= 4 is 11.6 Å². The van der Waals surface area contributed by atoms with E-state index in [0.29, 0.717) is 43.1 Å². The van der Waals surface area contributed by atoms with Gasteiger partial charge in [-0.15, -0.1) is 6.58 Å². The second-order valence-corrected chi connectivity index (χ2v) is 16.1. The predicted octanol–water partition coefficient (Wildman–Crippen LogP) is 6.72. The van der Waals surface area contributed by atoms with Gasteiger partial charge in [0.05, 0.1) is 24.8 Å². The van der Waals surface area contributed by atoms with Crippen LogP contribution in [0.2, 0.25) is 0 Å². The summed E-state index contributed by atoms with van der Waals surface area (Å²) in [5, 5.41) is 35.6. The molecule has 1 amide bonds. The minimum absolute atomic E-state index is 0.0337. The number of phenols is 1. The topological polar surface area (TPSA) is 149 Å². The average Bonchev–Trinajstić information content (AvgIpc) is 3.97. The molecule has 2 saturated carbocycles. The quantitative estimate of drug-likeness (QED) is 0.0899. The molecule has 0 spiro atoms. The van der Waals surface area contributed by atoms with E-state index in [9.17, 15) is 20.1 Å². The van der Waals surface area contributed by atoms with Crippen LogP contribution in [-0.4, -0.2) is 83.2 Å². The number of rotatable bonds is 17. The standard InChI is InChI=1S/C44H56N2O10/c1-2-20-54-44-39(46(43(50)29-13-14-29)26-28-12-16-37-38(22-28)53-27-52-37)25-35(45-56-40-11-5-8-21-51-40)33-23-30(9-3-6-18-47)32(10-4-7-19-48)41(42(33)44)34-24-31(49)15-17-36(34)55-44/h2,12,15-17,22-24,29-30,32,39-42,47-49H,1,3-11,13-14,18-21,25-27H2. The Kier molecular flexibility index (Phi) is 11.9. The lowest BCUT2D eigenvalue weighted by atomic mass is 9.55. The normalized spacial score (nSPS) is 29.5. The molecule has 1 saturated heterocycles. The molecule has 8 rings (SSSR count). The van der Waals surface area contributed by atoms with Crippen molar-refractivity contribution in [3.63, 3.8) is 0 Å². The third-order valence-corrected chi connectivity index (χ3v) is 12.5. The van der Waals surface area contributed by atoms with Crippen LogP contribution in [-0.2, 0) is 25.7 Å². The van der Waals surface area contributed by atoms with E-state index in [1.54, 1.807) is 12.1 Å². The van der Waals surface area contributed by atoms with E-state index in [4.69, 9.17) is 33.7 Å². The Morgan fingerprint density at radius 2 is 1.79 bits per heavy atom. The number of oxime groups is 1. The van der Waals surface area contributed by atoms with Crippen LogP contribution >= 0.6 is 0 Å². The highest BCUT2D eigenvalue weighted by atomic mass is 16.8. The Labute approximate surface area is 329 Å². The number of aliphatic hydroxyl groups is 2. The summed E-state index contributed by atoms with van der Waals surface area (Å²) in [7, 11) is 0. The molecule has 0 bridgehead atoms. The van der Waals surface area contributed by atoms with Gasteiger partial charge in [-0.25, -0.2) is 0 Å². The second-order valence-electron chi connectivity index (χ2n) is 16.1. The zero-order valence-electron chi connectivity index (χ0n) is 32.2. The Hall–Kier alpha value is -4.10. The highest BCUT2D eigenvalue weighted by Crippen LogP contribution is 2.62. The Balaban J connectivity index is 1.31. The number of amides is 1. The molecule has 6 aliphatic rings. The van der Waals surface area contributed by atoms with E-state index < -0.39 is 24.0 Å². The Morgan fingerprint density at radius 1 is 0.982 bits per heavy atom. The van der Waals surface area contributed by atoms with Crippen LogP contribution < -0.4 is 14.2 Å². The molecule has 0 aromatic heterocycles. The van der Waals surface area contributed by atoms with Crippen molar-refractivity contribution in [2.75, 3.05) is 33.2 Å². The Bertz CT molecular complexity index is 1790. The van der Waals surface area contributed by atoms with E-state index in [2.05, 4.69) is 12.7 Å². The molecule has 3 fully saturated rings. The monoisotopic (exact) mass is 772 g/mol. The fourth-order valence-corrected chi connectivity index (χ4v) is 9.72. The Morgan fingerprint density at radius 3 is 2.55 bits per heavy atom. The molecule has 3 aliphatic heterocycles. The van der Waals surface area contributed by atoms with Gasteiger partial charge in [0.2, 0.25) is 24.8 Å². The lowest BCUT2D eigenvalue weighted by molar-refractivity contribution is -0.258. The summed E-state index contributed by atoms with van der Waals surface area (Å²) in [5.74, 6) is 0.0984. The zero-order valence-corrected chi connectivity index (χ0v) is 32.2. The third-order valence-electron chi connectivity index (χ3n) is 12.5. The number of carbonyl (C=O) groups is 1. The van der Waals surface area contributed by atoms with Gasteiger partial charge in [-0.2, -0.15) is 0 Å². The van der Waals surface area contributed by atoms with Gasteiger partial charge < -0.3 is 48.7 Å². The number of hydrogen-bond acceptors (Lipinski definition) is 11. The molecule has 7 atom stereocenters. The molecular weight excluding hydrogens is 716 g/mol. The van der Waals surface area contributed by atoms with Gasteiger partial charge in [-0.3, -0.25) is 4.79 Å². The number of hydrogen-bond donors (Lipinski definition) is 3. The van der Waals surface area contributed by atoms with E-state index in [-0.39, 0.29) is 68.5 Å². The summed E-state index contributed by atoms with van der Waals surface area (Å²) >= 11 is 0. The molecular formula is C44H56N2O10. The van der Waals surface area contributed by atoms with Crippen LogP contribution in [0.3, 0.4) is 0 Å². The summed E-state index contributed by atoms with van der Waals surface area (Å²) in [6.45, 7) is 5.46. The second kappa shape index (κ2) is 17.2. The van der Waals surface area contributed by atoms with Crippen molar-refractivity contribution < 1.29 is 48.6 Å². The molecule has 12 heteroatoms. The van der Waals surface area contributed by atoms with Crippen LogP contribution in [0.1, 0.15) is 94.1 Å². The molecule has 3 heterocycles. The van der Waals surface area contributed by atoms with Gasteiger partial charge in [0.15, 0.2) is 11.5 Å². The van der Waals surface area contributed by atoms with Gasteiger partial charge in [0.1, 0.15) is 17.5 Å². The summed E-state index contributed by atoms with van der Waals surface area (Å²) in [4.78, 5) is 23.0. The summed E-state index contributed by atoms with van der Waals surface area (Å²) in [5.41, 5.74) is 3.45. The van der Waals surface area contributed by atoms with Crippen molar-refractivity contribution in [2.24, 2.45) is 28.8 Å². The summed E-state index contributed by atoms with van der Waals surface area (Å²) in [6, 6.07) is 10.4. The van der Waals surface area contributed by atoms with Crippen molar-refractivity contribution in [1.29, 1.82) is 0 Å². The number of aliphatic hydroxyl groups excluding tert-OH is 2. The molecule has 56 heavy (non-hydrogen) atoms. The lowest BCUT2D eigenvalue weighted by Gasteiger charge is -2.60. The van der Waals surface area contributed by atoms with E-state index >= 15 is 0 Å². The fraction of sp³-hybridized carbons (Fsp3) is 0.591. The number of carbonyl (C=O) groups excluding carboxylic acids is 1. The van der Waals surface area contributed by atoms with Gasteiger partial charge >= 0.3 is 0 Å². The van der Waals surface area contributed by atoms with Gasteiger partial charge in [-0.1, -0.05) is 36.2 Å². The molecule has 0 radical (unpaired) electrons. The van der Waals surface area contributed by atoms with Crippen LogP contribution in [0.5, 0.6) is 23.0 Å². The highest BCUT2D eigenvalue weighted by Gasteiger charge is 2.66. The molecule has 2 aromatic carbocycles. The SMILES string of the molecule is C=CCOC12Oc3ccc(O)cc3C3C(CCCCO)C(CCCCO)C=C(C(=NOC4CCCCO4)CC1N(Cc1ccc4c(c1)OCO4)C(=O)C1CC1)C32. The predicted molar refractivity (Wildman–Crippen MR) is 207 cm³/mol. The van der Waals surface area contributed by atoms with Gasteiger partial charge in [0.25, 0.3) is 0 Å². The highest BCUT2D eigenvalue weighted by molar-refractivity contribution is 6.03. The number of ether oxygens (including phenoxy) is 5. The first-order valence-electron chi connectivity index (χ1n) is 20.7. The molecule has 7 unspecified atom stereocenters. The van der Waals surface area contributed by atoms with Crippen molar-refractivity contribution in [1.82, 2.24) is 4.90 Å². The smallest absolute Gasteiger partial charge is 0.239 e. The number of allylic oxidation sites excluding steroid dienone is 1. The average molecular weight is 773 g/mol. The fourth-order valence-electron chi connectivity index (χ4n) is 9.72. The maximum atomic E-state index is 14.8. The lowest BCUT2D eigenvalue weighted by Crippen LogP contribution is -2.70. The maximum absolute atomic E-state index is 14.8. The maximum Gasteiger partial charge on any atom is 0.239 e. The van der Waals surface area contributed by atoms with Crippen molar-refractivity contribution in [3.8, 4) is 23.0 Å². The first-order chi connectivity index (χ1) is 27.4. The van der Waals surface area contributed by atoms with Crippen LogP contribution in [0.4, 0.5) is 0 Å². The number of fused-ring (bicyclic) bond motifs is 3. The van der Waals surface area contributed by atoms with E-state index in [0.717, 1.165) is 80.2 Å². The number of phenolic OH excluding ortho intramolecular Hbond substituents is 1. The number of aromatic hydroxyl groups is 1. The third kappa shape index (κ3) is 7.77. The number of nitrogens with zero attached hydrogens (tertiary/aromatic N) is 2. The molecule has 302 valence electrons. The minimum atomic E-state index is -1.37.